The minimum Gasteiger partial charge on any atom is -0.497 e. The molecule has 0 unspecified atom stereocenters. The van der Waals surface area contributed by atoms with Crippen molar-refractivity contribution in [3.63, 3.8) is 0 Å². The van der Waals surface area contributed by atoms with Gasteiger partial charge >= 0.3 is 6.01 Å². The summed E-state index contributed by atoms with van der Waals surface area (Å²) in [5, 5.41) is 10.4. The highest BCUT2D eigenvalue weighted by atomic mass is 32.2. The number of carbonyl (C=O) groups is 1. The summed E-state index contributed by atoms with van der Waals surface area (Å²) in [6.07, 6.45) is 3.80. The molecule has 1 aliphatic carbocycles. The molecule has 1 fully saturated rings. The van der Waals surface area contributed by atoms with Crippen molar-refractivity contribution < 1.29 is 27.1 Å². The number of nitrogens with one attached hydrogen (secondary N) is 1. The van der Waals surface area contributed by atoms with Crippen LogP contribution in [0, 0.1) is 0 Å². The number of carbonyl (C=O) groups excluding carboxylic acids is 1. The van der Waals surface area contributed by atoms with Gasteiger partial charge in [-0.1, -0.05) is 17.9 Å². The maximum atomic E-state index is 12.9. The predicted octanol–water partition coefficient (Wildman–Crippen LogP) is 3.57. The lowest BCUT2D eigenvalue weighted by Crippen LogP contribution is -2.35. The van der Waals surface area contributed by atoms with Crippen LogP contribution in [0.4, 0.5) is 6.01 Å². The summed E-state index contributed by atoms with van der Waals surface area (Å²) < 4.78 is 43.3. The van der Waals surface area contributed by atoms with Crippen LogP contribution in [0.1, 0.15) is 36.0 Å². The quantitative estimate of drug-likeness (QED) is 0.512. The van der Waals surface area contributed by atoms with Crippen LogP contribution in [0.3, 0.4) is 0 Å². The van der Waals surface area contributed by atoms with Gasteiger partial charge in [-0.25, -0.2) is 8.42 Å². The topological polar surface area (TPSA) is 124 Å². The Labute approximate surface area is 197 Å². The molecule has 1 N–H and O–H groups in total. The Morgan fingerprint density at radius 2 is 1.76 bits per heavy atom. The molecule has 1 amide bonds. The summed E-state index contributed by atoms with van der Waals surface area (Å²) in [7, 11) is 1.04. The van der Waals surface area contributed by atoms with Crippen LogP contribution in [0.15, 0.2) is 51.8 Å². The first-order chi connectivity index (χ1) is 16.3. The summed E-state index contributed by atoms with van der Waals surface area (Å²) in [4.78, 5) is 12.8. The summed E-state index contributed by atoms with van der Waals surface area (Å²) in [6, 6.07) is 10.8. The minimum absolute atomic E-state index is 0.0176. The largest absolute Gasteiger partial charge is 0.497 e. The third-order valence-corrected chi connectivity index (χ3v) is 7.84. The van der Waals surface area contributed by atoms with Gasteiger partial charge in [0.1, 0.15) is 11.5 Å². The third kappa shape index (κ3) is 4.75. The molecule has 180 valence electrons. The molecule has 0 spiro atoms. The summed E-state index contributed by atoms with van der Waals surface area (Å²) in [5.74, 6) is 0.727. The lowest BCUT2D eigenvalue weighted by Gasteiger charge is -2.23. The lowest BCUT2D eigenvalue weighted by molar-refractivity contribution is 0.102. The number of rotatable bonds is 8. The molecule has 1 saturated carbocycles. The number of amides is 1. The van der Waals surface area contributed by atoms with Crippen LogP contribution in [-0.2, 0) is 10.0 Å². The van der Waals surface area contributed by atoms with E-state index in [4.69, 9.17) is 13.9 Å². The average Bonchev–Trinajstić information content (AvgIpc) is 3.55. The maximum Gasteiger partial charge on any atom is 0.322 e. The van der Waals surface area contributed by atoms with E-state index in [9.17, 15) is 13.2 Å². The molecule has 0 saturated heterocycles. The number of methoxy groups -OCH3 is 2. The normalized spacial score (nSPS) is 14.4. The fraction of sp³-hybridized carbons (Fsp3) is 0.348. The van der Waals surface area contributed by atoms with Crippen LogP contribution in [-0.4, -0.2) is 56.1 Å². The van der Waals surface area contributed by atoms with Crippen LogP contribution in [0.2, 0.25) is 0 Å². The molecule has 0 radical (unpaired) electrons. The molecule has 0 atom stereocenters. The molecule has 1 aromatic heterocycles. The van der Waals surface area contributed by atoms with Crippen molar-refractivity contribution in [2.45, 2.75) is 36.6 Å². The molecule has 11 heteroatoms. The van der Waals surface area contributed by atoms with E-state index in [0.717, 1.165) is 25.7 Å². The molecular weight excluding hydrogens is 460 g/mol. The average molecular weight is 487 g/mol. The Balaban J connectivity index is 1.46. The van der Waals surface area contributed by atoms with E-state index in [-0.39, 0.29) is 28.4 Å². The van der Waals surface area contributed by atoms with Gasteiger partial charge in [0, 0.05) is 24.7 Å². The van der Waals surface area contributed by atoms with Crippen LogP contribution < -0.4 is 14.8 Å². The van der Waals surface area contributed by atoms with Gasteiger partial charge < -0.3 is 13.9 Å². The molecule has 1 heterocycles. The van der Waals surface area contributed by atoms with E-state index in [1.807, 2.05) is 0 Å². The van der Waals surface area contributed by atoms with Crippen LogP contribution in [0.5, 0.6) is 11.5 Å². The minimum atomic E-state index is -3.62. The first-order valence-electron chi connectivity index (χ1n) is 10.8. The summed E-state index contributed by atoms with van der Waals surface area (Å²) in [6.45, 7) is 0. The van der Waals surface area contributed by atoms with Gasteiger partial charge in [-0.05, 0) is 49.2 Å². The molecular formula is C23H26N4O6S. The number of ether oxygens (including phenoxy) is 2. The van der Waals surface area contributed by atoms with Gasteiger partial charge in [0.2, 0.25) is 10.0 Å². The molecule has 3 aromatic rings. The number of anilines is 1. The lowest BCUT2D eigenvalue weighted by atomic mass is 10.2. The second-order valence-corrected chi connectivity index (χ2v) is 9.91. The number of nitrogens with zero attached hydrogens (tertiary/aromatic N) is 3. The maximum absolute atomic E-state index is 12.9. The first-order valence-corrected chi connectivity index (χ1v) is 12.2. The molecule has 0 aliphatic heterocycles. The van der Waals surface area contributed by atoms with Gasteiger partial charge in [-0.3, -0.25) is 10.1 Å². The monoisotopic (exact) mass is 486 g/mol. The molecule has 34 heavy (non-hydrogen) atoms. The van der Waals surface area contributed by atoms with Crippen molar-refractivity contribution in [1.29, 1.82) is 0 Å². The first kappa shape index (κ1) is 23.7. The zero-order valence-electron chi connectivity index (χ0n) is 19.1. The van der Waals surface area contributed by atoms with Crippen LogP contribution in [0.25, 0.3) is 11.5 Å². The Morgan fingerprint density at radius 1 is 1.06 bits per heavy atom. The zero-order chi connectivity index (χ0) is 24.3. The van der Waals surface area contributed by atoms with Gasteiger partial charge in [0.05, 0.1) is 24.7 Å². The van der Waals surface area contributed by atoms with Crippen molar-refractivity contribution in [2.75, 3.05) is 26.6 Å². The van der Waals surface area contributed by atoms with Crippen molar-refractivity contribution in [2.24, 2.45) is 0 Å². The highest BCUT2D eigenvalue weighted by Crippen LogP contribution is 2.33. The standard InChI is InChI=1S/C23H26N4O6S/c1-27(16-6-4-5-7-16)34(29,30)18-11-8-15(9-12-18)21(28)24-23-26-25-22(33-23)19-13-10-17(31-2)14-20(19)32-3/h8-14,16H,4-7H2,1-3H3,(H,24,26,28). The van der Waals surface area contributed by atoms with E-state index in [1.165, 1.54) is 35.7 Å². The molecule has 2 aromatic carbocycles. The summed E-state index contributed by atoms with van der Waals surface area (Å²) in [5.41, 5.74) is 0.793. The number of benzene rings is 2. The predicted molar refractivity (Wildman–Crippen MR) is 124 cm³/mol. The van der Waals surface area contributed by atoms with E-state index in [1.54, 1.807) is 32.4 Å². The number of hydrogen-bond donors (Lipinski definition) is 1. The third-order valence-electron chi connectivity index (χ3n) is 5.92. The second kappa shape index (κ2) is 9.82. The Morgan fingerprint density at radius 3 is 2.41 bits per heavy atom. The zero-order valence-corrected chi connectivity index (χ0v) is 20.0. The van der Waals surface area contributed by atoms with Gasteiger partial charge in [-0.15, -0.1) is 5.10 Å². The molecule has 10 nitrogen and oxygen atoms in total. The molecule has 4 rings (SSSR count). The Bertz CT molecular complexity index is 1270. The van der Waals surface area contributed by atoms with Crippen LogP contribution >= 0.6 is 0 Å². The van der Waals surface area contributed by atoms with Gasteiger partial charge in [0.25, 0.3) is 11.8 Å². The highest BCUT2D eigenvalue weighted by molar-refractivity contribution is 7.89. The Hall–Kier alpha value is -3.44. The second-order valence-electron chi connectivity index (χ2n) is 7.92. The van der Waals surface area contributed by atoms with Crippen molar-refractivity contribution in [3.8, 4) is 23.0 Å². The van der Waals surface area contributed by atoms with Crippen molar-refractivity contribution in [3.05, 3.63) is 48.0 Å². The van der Waals surface area contributed by atoms with Gasteiger partial charge in [-0.2, -0.15) is 4.31 Å². The van der Waals surface area contributed by atoms with E-state index < -0.39 is 15.9 Å². The molecule has 1 aliphatic rings. The number of aromatic nitrogens is 2. The SMILES string of the molecule is COc1ccc(-c2nnc(NC(=O)c3ccc(S(=O)(=O)N(C)C4CCCC4)cc3)o2)c(OC)c1. The van der Waals surface area contributed by atoms with Crippen molar-refractivity contribution >= 4 is 21.9 Å². The number of hydrogen-bond acceptors (Lipinski definition) is 8. The fourth-order valence-corrected chi connectivity index (χ4v) is 5.35. The van der Waals surface area contributed by atoms with Gasteiger partial charge in [0.15, 0.2) is 0 Å². The molecule has 0 bridgehead atoms. The van der Waals surface area contributed by atoms with E-state index >= 15 is 0 Å². The number of sulfonamides is 1. The fourth-order valence-electron chi connectivity index (χ4n) is 3.94. The van der Waals surface area contributed by atoms with Crippen molar-refractivity contribution in [1.82, 2.24) is 14.5 Å². The summed E-state index contributed by atoms with van der Waals surface area (Å²) >= 11 is 0. The van der Waals surface area contributed by atoms with E-state index in [0.29, 0.717) is 17.1 Å². The Kier molecular flexibility index (Phi) is 6.85. The smallest absolute Gasteiger partial charge is 0.322 e. The van der Waals surface area contributed by atoms with E-state index in [2.05, 4.69) is 15.5 Å². The highest BCUT2D eigenvalue weighted by Gasteiger charge is 2.30.